The van der Waals surface area contributed by atoms with Crippen LogP contribution < -0.4 is 0 Å². The summed E-state index contributed by atoms with van der Waals surface area (Å²) in [7, 11) is 0. The molecule has 2 aliphatic rings. The molecule has 130 valence electrons. The molecule has 1 amide bonds. The molecule has 2 aromatic rings. The molecule has 0 radical (unpaired) electrons. The number of aryl methyl sites for hydroxylation is 1. The van der Waals surface area contributed by atoms with Crippen molar-refractivity contribution >= 4 is 5.91 Å². The Kier molecular flexibility index (Phi) is 4.53. The second-order valence-corrected chi connectivity index (χ2v) is 7.27. The minimum Gasteiger partial charge on any atom is -0.337 e. The number of rotatable bonds is 4. The van der Waals surface area contributed by atoms with E-state index >= 15 is 0 Å². The van der Waals surface area contributed by atoms with Gasteiger partial charge >= 0.3 is 0 Å². The lowest BCUT2D eigenvalue weighted by Crippen LogP contribution is -2.34. The van der Waals surface area contributed by atoms with E-state index in [1.807, 2.05) is 17.0 Å². The Morgan fingerprint density at radius 3 is 2.44 bits per heavy atom. The Bertz CT molecular complexity index is 732. The van der Waals surface area contributed by atoms with Crippen molar-refractivity contribution < 1.29 is 4.79 Å². The summed E-state index contributed by atoms with van der Waals surface area (Å²) >= 11 is 0. The van der Waals surface area contributed by atoms with Crippen LogP contribution in [0.4, 0.5) is 0 Å². The first-order valence-electron chi connectivity index (χ1n) is 9.24. The molecule has 2 saturated heterocycles. The summed E-state index contributed by atoms with van der Waals surface area (Å²) in [5.41, 5.74) is 3.07. The fourth-order valence-electron chi connectivity index (χ4n) is 4.29. The molecule has 2 atom stereocenters. The van der Waals surface area contributed by atoms with Crippen LogP contribution in [0.3, 0.4) is 0 Å². The van der Waals surface area contributed by atoms with Gasteiger partial charge in [-0.3, -0.25) is 14.7 Å². The normalized spacial score (nSPS) is 23.0. The van der Waals surface area contributed by atoms with E-state index in [0.717, 1.165) is 44.7 Å². The zero-order valence-corrected chi connectivity index (χ0v) is 14.8. The number of nitrogens with zero attached hydrogens (tertiary/aromatic N) is 3. The van der Waals surface area contributed by atoms with Crippen molar-refractivity contribution in [2.24, 2.45) is 11.8 Å². The van der Waals surface area contributed by atoms with Gasteiger partial charge in [-0.05, 0) is 35.4 Å². The lowest BCUT2D eigenvalue weighted by Gasteiger charge is -2.22. The molecule has 0 N–H and O–H groups in total. The Labute approximate surface area is 149 Å². The summed E-state index contributed by atoms with van der Waals surface area (Å²) in [6.07, 6.45) is 2.57. The molecule has 25 heavy (non-hydrogen) atoms. The fourth-order valence-corrected chi connectivity index (χ4v) is 4.29. The summed E-state index contributed by atoms with van der Waals surface area (Å²) in [6, 6.07) is 14.6. The second-order valence-electron chi connectivity index (χ2n) is 7.27. The first-order chi connectivity index (χ1) is 12.2. The van der Waals surface area contributed by atoms with Crippen LogP contribution in [0.15, 0.2) is 48.7 Å². The molecule has 4 heteroatoms. The van der Waals surface area contributed by atoms with Gasteiger partial charge in [0, 0.05) is 38.9 Å². The largest absolute Gasteiger partial charge is 0.337 e. The summed E-state index contributed by atoms with van der Waals surface area (Å²) in [6.45, 7) is 7.01. The lowest BCUT2D eigenvalue weighted by molar-refractivity contribution is 0.0766. The van der Waals surface area contributed by atoms with Gasteiger partial charge < -0.3 is 4.90 Å². The second kappa shape index (κ2) is 6.96. The Hall–Kier alpha value is -2.20. The van der Waals surface area contributed by atoms with Crippen LogP contribution >= 0.6 is 0 Å². The predicted octanol–water partition coefficient (Wildman–Crippen LogP) is 2.85. The molecule has 0 aliphatic carbocycles. The van der Waals surface area contributed by atoms with Gasteiger partial charge in [0.05, 0.1) is 0 Å². The average Bonchev–Trinajstić information content (AvgIpc) is 3.20. The molecule has 0 unspecified atom stereocenters. The molecule has 2 fully saturated rings. The average molecular weight is 335 g/mol. The molecule has 4 rings (SSSR count). The van der Waals surface area contributed by atoms with Crippen LogP contribution in [0, 0.1) is 11.8 Å². The number of carbonyl (C=O) groups excluding carboxylic acids is 1. The van der Waals surface area contributed by atoms with E-state index in [0.29, 0.717) is 17.5 Å². The number of hydrogen-bond donors (Lipinski definition) is 0. The topological polar surface area (TPSA) is 36.4 Å². The van der Waals surface area contributed by atoms with E-state index in [1.54, 1.807) is 6.20 Å². The highest BCUT2D eigenvalue weighted by Gasteiger charge is 2.41. The van der Waals surface area contributed by atoms with Crippen LogP contribution in [0.5, 0.6) is 0 Å². The third kappa shape index (κ3) is 3.31. The van der Waals surface area contributed by atoms with Crippen molar-refractivity contribution in [3.8, 4) is 0 Å². The van der Waals surface area contributed by atoms with Gasteiger partial charge in [-0.25, -0.2) is 0 Å². The number of pyridine rings is 1. The summed E-state index contributed by atoms with van der Waals surface area (Å²) in [5, 5.41) is 0. The van der Waals surface area contributed by atoms with Gasteiger partial charge in [-0.2, -0.15) is 0 Å². The Morgan fingerprint density at radius 1 is 1.04 bits per heavy atom. The van der Waals surface area contributed by atoms with Gasteiger partial charge in [0.15, 0.2) is 0 Å². The van der Waals surface area contributed by atoms with Crippen molar-refractivity contribution in [3.05, 3.63) is 65.5 Å². The molecule has 4 nitrogen and oxygen atoms in total. The quantitative estimate of drug-likeness (QED) is 0.862. The van der Waals surface area contributed by atoms with E-state index in [-0.39, 0.29) is 5.91 Å². The van der Waals surface area contributed by atoms with Gasteiger partial charge in [-0.1, -0.05) is 43.3 Å². The van der Waals surface area contributed by atoms with Crippen LogP contribution in [0.1, 0.15) is 28.5 Å². The summed E-state index contributed by atoms with van der Waals surface area (Å²) < 4.78 is 0. The zero-order chi connectivity index (χ0) is 17.2. The molecule has 1 aromatic heterocycles. The van der Waals surface area contributed by atoms with Crippen LogP contribution in [0.25, 0.3) is 0 Å². The number of carbonyl (C=O) groups is 1. The van der Waals surface area contributed by atoms with E-state index in [4.69, 9.17) is 0 Å². The third-order valence-electron chi connectivity index (χ3n) is 5.57. The summed E-state index contributed by atoms with van der Waals surface area (Å²) in [5.74, 6) is 1.31. The van der Waals surface area contributed by atoms with E-state index in [2.05, 4.69) is 47.1 Å². The zero-order valence-electron chi connectivity index (χ0n) is 14.8. The van der Waals surface area contributed by atoms with Gasteiger partial charge in [0.1, 0.15) is 5.69 Å². The van der Waals surface area contributed by atoms with Crippen LogP contribution in [0.2, 0.25) is 0 Å². The minimum absolute atomic E-state index is 0.112. The molecule has 1 aromatic carbocycles. The number of likely N-dealkylation sites (tertiary alicyclic amines) is 2. The Morgan fingerprint density at radius 2 is 1.76 bits per heavy atom. The number of fused-ring (bicyclic) bond motifs is 1. The molecular weight excluding hydrogens is 310 g/mol. The third-order valence-corrected chi connectivity index (χ3v) is 5.57. The minimum atomic E-state index is 0.112. The maximum absolute atomic E-state index is 12.9. The van der Waals surface area contributed by atoms with Gasteiger partial charge in [0.25, 0.3) is 5.91 Å². The highest BCUT2D eigenvalue weighted by Crippen LogP contribution is 2.32. The van der Waals surface area contributed by atoms with Crippen LogP contribution in [-0.4, -0.2) is 46.9 Å². The first kappa shape index (κ1) is 16.3. The predicted molar refractivity (Wildman–Crippen MR) is 98.2 cm³/mol. The monoisotopic (exact) mass is 335 g/mol. The number of benzene rings is 1. The van der Waals surface area contributed by atoms with Crippen molar-refractivity contribution in [3.63, 3.8) is 0 Å². The van der Waals surface area contributed by atoms with Gasteiger partial charge in [-0.15, -0.1) is 0 Å². The molecule has 2 aliphatic heterocycles. The number of aromatic nitrogens is 1. The highest BCUT2D eigenvalue weighted by atomic mass is 16.2. The van der Waals surface area contributed by atoms with Crippen molar-refractivity contribution in [2.45, 2.75) is 19.9 Å². The van der Waals surface area contributed by atoms with Crippen LogP contribution in [-0.2, 0) is 13.0 Å². The van der Waals surface area contributed by atoms with E-state index in [1.165, 1.54) is 5.56 Å². The van der Waals surface area contributed by atoms with Crippen molar-refractivity contribution in [1.82, 2.24) is 14.8 Å². The summed E-state index contributed by atoms with van der Waals surface area (Å²) in [4.78, 5) is 21.8. The smallest absolute Gasteiger partial charge is 0.272 e. The van der Waals surface area contributed by atoms with Crippen molar-refractivity contribution in [1.29, 1.82) is 0 Å². The highest BCUT2D eigenvalue weighted by molar-refractivity contribution is 5.94. The van der Waals surface area contributed by atoms with E-state index < -0.39 is 0 Å². The number of amides is 1. The molecule has 3 heterocycles. The molecule has 0 saturated carbocycles. The lowest BCUT2D eigenvalue weighted by atomic mass is 10.0. The Balaban J connectivity index is 1.38. The SMILES string of the molecule is CCc1cccnc1C(=O)N1C[C@H]2CN(Cc3ccccc3)C[C@H]2C1. The van der Waals surface area contributed by atoms with Gasteiger partial charge in [0.2, 0.25) is 0 Å². The maximum atomic E-state index is 12.9. The molecule has 0 spiro atoms. The fraction of sp³-hybridized carbons (Fsp3) is 0.429. The number of hydrogen-bond acceptors (Lipinski definition) is 3. The molecule has 0 bridgehead atoms. The molecular formula is C21H25N3O. The standard InChI is InChI=1S/C21H25N3O/c1-2-17-9-6-10-22-20(17)21(25)24-14-18-12-23(13-19(18)15-24)11-16-7-4-3-5-8-16/h3-10,18-19H,2,11-15H2,1H3/t18-,19+. The van der Waals surface area contributed by atoms with E-state index in [9.17, 15) is 4.79 Å². The first-order valence-corrected chi connectivity index (χ1v) is 9.24. The maximum Gasteiger partial charge on any atom is 0.272 e. The van der Waals surface area contributed by atoms with Crippen molar-refractivity contribution in [2.75, 3.05) is 26.2 Å².